The van der Waals surface area contributed by atoms with Crippen LogP contribution in [-0.2, 0) is 0 Å². The first kappa shape index (κ1) is 12.8. The quantitative estimate of drug-likeness (QED) is 0.929. The number of pyridine rings is 1. The molecule has 2 aromatic rings. The van der Waals surface area contributed by atoms with Gasteiger partial charge in [-0.05, 0) is 36.8 Å². The van der Waals surface area contributed by atoms with E-state index >= 15 is 0 Å². The summed E-state index contributed by atoms with van der Waals surface area (Å²) in [6.45, 7) is 2.80. The molecule has 4 nitrogen and oxygen atoms in total. The van der Waals surface area contributed by atoms with Crippen molar-refractivity contribution in [2.75, 3.05) is 19.0 Å². The minimum atomic E-state index is 0.219. The highest BCUT2D eigenvalue weighted by molar-refractivity contribution is 5.53. The number of nitrogens with zero attached hydrogens (tertiary/aromatic N) is 1. The average Bonchev–Trinajstić information content (AvgIpc) is 2.49. The van der Waals surface area contributed by atoms with Gasteiger partial charge in [-0.1, -0.05) is 0 Å². The number of ether oxygens (including phenoxy) is 2. The van der Waals surface area contributed by atoms with E-state index in [1.807, 2.05) is 36.7 Å². The molecule has 0 spiro atoms. The number of fused-ring (bicyclic) bond motifs is 1. The molecule has 2 heterocycles. The van der Waals surface area contributed by atoms with Crippen LogP contribution in [0.1, 0.15) is 23.6 Å². The number of aryl methyl sites for hydroxylation is 1. The third-order valence-electron chi connectivity index (χ3n) is 3.63. The Morgan fingerprint density at radius 1 is 1.35 bits per heavy atom. The predicted molar refractivity (Wildman–Crippen MR) is 78.4 cm³/mol. The molecular weight excluding hydrogens is 252 g/mol. The van der Waals surface area contributed by atoms with Gasteiger partial charge in [-0.2, -0.15) is 0 Å². The number of hydrogen-bond acceptors (Lipinski definition) is 4. The maximum atomic E-state index is 5.71. The second kappa shape index (κ2) is 5.41. The van der Waals surface area contributed by atoms with Crippen LogP contribution in [0, 0.1) is 6.92 Å². The Bertz CT molecular complexity index is 613. The smallest absolute Gasteiger partial charge is 0.124 e. The number of methoxy groups -OCH3 is 1. The fourth-order valence-corrected chi connectivity index (χ4v) is 2.45. The van der Waals surface area contributed by atoms with E-state index in [0.29, 0.717) is 0 Å². The first-order valence-electron chi connectivity index (χ1n) is 6.76. The second-order valence-electron chi connectivity index (χ2n) is 4.93. The summed E-state index contributed by atoms with van der Waals surface area (Å²) in [5.41, 5.74) is 3.39. The van der Waals surface area contributed by atoms with Crippen molar-refractivity contribution in [1.82, 2.24) is 4.98 Å². The van der Waals surface area contributed by atoms with Crippen LogP contribution in [-0.4, -0.2) is 18.7 Å². The van der Waals surface area contributed by atoms with Gasteiger partial charge in [0.1, 0.15) is 11.5 Å². The number of anilines is 1. The lowest BCUT2D eigenvalue weighted by Crippen LogP contribution is -2.20. The van der Waals surface area contributed by atoms with Crippen LogP contribution >= 0.6 is 0 Å². The van der Waals surface area contributed by atoms with Gasteiger partial charge in [0.15, 0.2) is 0 Å². The summed E-state index contributed by atoms with van der Waals surface area (Å²) in [7, 11) is 1.68. The van der Waals surface area contributed by atoms with Gasteiger partial charge in [0.05, 0.1) is 31.6 Å². The van der Waals surface area contributed by atoms with Crippen molar-refractivity contribution in [2.24, 2.45) is 0 Å². The Kier molecular flexibility index (Phi) is 3.46. The molecule has 0 radical (unpaired) electrons. The van der Waals surface area contributed by atoms with E-state index in [-0.39, 0.29) is 6.04 Å². The predicted octanol–water partition coefficient (Wildman–Crippen LogP) is 3.33. The van der Waals surface area contributed by atoms with Crippen LogP contribution in [0.25, 0.3) is 0 Å². The maximum Gasteiger partial charge on any atom is 0.124 e. The third kappa shape index (κ3) is 2.41. The fourth-order valence-electron chi connectivity index (χ4n) is 2.45. The number of hydrogen-bond donors (Lipinski definition) is 1. The molecule has 4 heteroatoms. The van der Waals surface area contributed by atoms with E-state index in [9.17, 15) is 0 Å². The zero-order chi connectivity index (χ0) is 13.9. The van der Waals surface area contributed by atoms with Gasteiger partial charge in [0, 0.05) is 18.2 Å². The normalized spacial score (nSPS) is 17.0. The van der Waals surface area contributed by atoms with E-state index in [1.165, 1.54) is 5.56 Å². The third-order valence-corrected chi connectivity index (χ3v) is 3.63. The van der Waals surface area contributed by atoms with Gasteiger partial charge in [0.25, 0.3) is 0 Å². The van der Waals surface area contributed by atoms with Crippen molar-refractivity contribution in [1.29, 1.82) is 0 Å². The van der Waals surface area contributed by atoms with Crippen molar-refractivity contribution in [3.63, 3.8) is 0 Å². The zero-order valence-corrected chi connectivity index (χ0v) is 11.7. The van der Waals surface area contributed by atoms with Crippen LogP contribution < -0.4 is 14.8 Å². The lowest BCUT2D eigenvalue weighted by molar-refractivity contribution is 0.273. The molecule has 1 N–H and O–H groups in total. The Labute approximate surface area is 118 Å². The highest BCUT2D eigenvalue weighted by Gasteiger charge is 2.22. The molecule has 1 aromatic carbocycles. The number of nitrogens with one attached hydrogen (secondary N) is 1. The molecule has 1 aromatic heterocycles. The first-order valence-corrected chi connectivity index (χ1v) is 6.76. The van der Waals surface area contributed by atoms with Gasteiger partial charge in [0.2, 0.25) is 0 Å². The molecule has 0 fully saturated rings. The largest absolute Gasteiger partial charge is 0.497 e. The Morgan fingerprint density at radius 3 is 3.05 bits per heavy atom. The van der Waals surface area contributed by atoms with E-state index in [1.54, 1.807) is 7.11 Å². The van der Waals surface area contributed by atoms with Crippen LogP contribution in [0.4, 0.5) is 5.69 Å². The van der Waals surface area contributed by atoms with E-state index < -0.39 is 0 Å². The Morgan fingerprint density at radius 2 is 2.25 bits per heavy atom. The van der Waals surface area contributed by atoms with Gasteiger partial charge in [-0.15, -0.1) is 0 Å². The highest BCUT2D eigenvalue weighted by Crippen LogP contribution is 2.36. The summed E-state index contributed by atoms with van der Waals surface area (Å²) in [5, 5.41) is 3.56. The van der Waals surface area contributed by atoms with Gasteiger partial charge in [-0.25, -0.2) is 0 Å². The molecule has 20 heavy (non-hydrogen) atoms. The number of rotatable bonds is 3. The van der Waals surface area contributed by atoms with Crippen molar-refractivity contribution in [3.05, 3.63) is 47.8 Å². The summed E-state index contributed by atoms with van der Waals surface area (Å²) in [6, 6.07) is 8.16. The number of benzene rings is 1. The minimum Gasteiger partial charge on any atom is -0.497 e. The molecule has 3 rings (SSSR count). The van der Waals surface area contributed by atoms with Crippen molar-refractivity contribution >= 4 is 5.69 Å². The van der Waals surface area contributed by atoms with Gasteiger partial charge < -0.3 is 14.8 Å². The Hall–Kier alpha value is -2.23. The monoisotopic (exact) mass is 270 g/mol. The van der Waals surface area contributed by atoms with Crippen molar-refractivity contribution < 1.29 is 9.47 Å². The molecule has 0 saturated carbocycles. The molecule has 0 amide bonds. The topological polar surface area (TPSA) is 43.4 Å². The van der Waals surface area contributed by atoms with Crippen LogP contribution in [0.3, 0.4) is 0 Å². The maximum absolute atomic E-state index is 5.71. The van der Waals surface area contributed by atoms with E-state index in [0.717, 1.165) is 35.8 Å². The van der Waals surface area contributed by atoms with Gasteiger partial charge >= 0.3 is 0 Å². The molecule has 0 bridgehead atoms. The van der Waals surface area contributed by atoms with Crippen LogP contribution in [0.2, 0.25) is 0 Å². The summed E-state index contributed by atoms with van der Waals surface area (Å²) >= 11 is 0. The molecule has 1 aliphatic rings. The molecule has 0 aliphatic carbocycles. The van der Waals surface area contributed by atoms with Gasteiger partial charge in [-0.3, -0.25) is 4.98 Å². The molecule has 1 atom stereocenters. The SMILES string of the molecule is COc1ccc2c(c1)C(Nc1cnccc1C)CCO2. The summed E-state index contributed by atoms with van der Waals surface area (Å²) < 4.78 is 11.0. The summed E-state index contributed by atoms with van der Waals surface area (Å²) in [6.07, 6.45) is 4.60. The fraction of sp³-hybridized carbons (Fsp3) is 0.312. The van der Waals surface area contributed by atoms with Crippen LogP contribution in [0.15, 0.2) is 36.7 Å². The highest BCUT2D eigenvalue weighted by atomic mass is 16.5. The lowest BCUT2D eigenvalue weighted by Gasteiger charge is -2.28. The van der Waals surface area contributed by atoms with Crippen molar-refractivity contribution in [3.8, 4) is 11.5 Å². The second-order valence-corrected chi connectivity index (χ2v) is 4.93. The molecule has 1 aliphatic heterocycles. The zero-order valence-electron chi connectivity index (χ0n) is 11.7. The molecule has 104 valence electrons. The standard InChI is InChI=1S/C16H18N2O2/c1-11-5-7-17-10-15(11)18-14-6-8-20-16-4-3-12(19-2)9-13(14)16/h3-5,7,9-10,14,18H,6,8H2,1-2H3. The molecule has 1 unspecified atom stereocenters. The molecular formula is C16H18N2O2. The average molecular weight is 270 g/mol. The summed E-state index contributed by atoms with van der Waals surface area (Å²) in [4.78, 5) is 4.18. The Balaban J connectivity index is 1.91. The first-order chi connectivity index (χ1) is 9.78. The number of aromatic nitrogens is 1. The van der Waals surface area contributed by atoms with Crippen molar-refractivity contribution in [2.45, 2.75) is 19.4 Å². The van der Waals surface area contributed by atoms with Crippen LogP contribution in [0.5, 0.6) is 11.5 Å². The summed E-state index contributed by atoms with van der Waals surface area (Å²) in [5.74, 6) is 1.78. The van der Waals surface area contributed by atoms with E-state index in [4.69, 9.17) is 9.47 Å². The lowest BCUT2D eigenvalue weighted by atomic mass is 9.99. The molecule has 0 saturated heterocycles. The minimum absolute atomic E-state index is 0.219. The van der Waals surface area contributed by atoms with E-state index in [2.05, 4.69) is 17.2 Å².